The van der Waals surface area contributed by atoms with Crippen molar-refractivity contribution in [3.05, 3.63) is 35.9 Å². The summed E-state index contributed by atoms with van der Waals surface area (Å²) in [4.78, 5) is 111. The predicted molar refractivity (Wildman–Crippen MR) is 317 cm³/mol. The van der Waals surface area contributed by atoms with Gasteiger partial charge >= 0.3 is 11.9 Å². The zero-order chi connectivity index (χ0) is 61.6. The normalized spacial score (nSPS) is 12.5. The average molecular weight is 1180 g/mol. The lowest BCUT2D eigenvalue weighted by Gasteiger charge is -2.24. The molecule has 0 bridgehead atoms. The Bertz CT molecular complexity index is 2000. The highest BCUT2D eigenvalue weighted by Crippen LogP contribution is 2.16. The molecule has 22 heteroatoms. The minimum absolute atomic E-state index is 0.000797. The van der Waals surface area contributed by atoms with Crippen LogP contribution in [0.25, 0.3) is 0 Å². The second-order valence-electron chi connectivity index (χ2n) is 22.8. The molecular formula is C61H105N7O15. The Morgan fingerprint density at radius 3 is 1.45 bits per heavy atom. The monoisotopic (exact) mass is 1180 g/mol. The van der Waals surface area contributed by atoms with Crippen molar-refractivity contribution in [3.8, 4) is 0 Å². The molecular weight excluding hydrogens is 1070 g/mol. The number of hydrogen-bond acceptors (Lipinski definition) is 16. The number of nitrogens with one attached hydrogen (secondary N) is 6. The SMILES string of the molecule is CC(=O)[C@H](Cc1ccccc1)NC(=O)CNC(=O)[C@@H](N)CCCCNC(=O)COCCOCCNC(=O)COCCOCCNC(=O)CC[C@H](NC(=O)CCCCCCCCCCCCCCCCC(=O)OC(C)(C)C)C(=O)OC(C)(C)C. The molecule has 1 rings (SSSR count). The van der Waals surface area contributed by atoms with E-state index in [9.17, 15) is 43.2 Å². The number of nitrogens with two attached hydrogens (primary N) is 1. The number of Topliss-reactive ketones (excluding diaryl/α,β-unsaturated/α-hetero) is 1. The van der Waals surface area contributed by atoms with Gasteiger partial charge in [0.15, 0.2) is 5.78 Å². The van der Waals surface area contributed by atoms with E-state index in [1.54, 1.807) is 20.8 Å². The van der Waals surface area contributed by atoms with Gasteiger partial charge in [0.25, 0.3) is 0 Å². The average Bonchev–Trinajstić information content (AvgIpc) is 3.48. The lowest BCUT2D eigenvalue weighted by molar-refractivity contribution is -0.159. The van der Waals surface area contributed by atoms with E-state index in [-0.39, 0.29) is 121 Å². The van der Waals surface area contributed by atoms with Crippen LogP contribution >= 0.6 is 0 Å². The number of amides is 6. The largest absolute Gasteiger partial charge is 0.460 e. The number of esters is 2. The fourth-order valence-electron chi connectivity index (χ4n) is 8.26. The maximum atomic E-state index is 13.0. The van der Waals surface area contributed by atoms with Crippen LogP contribution in [-0.2, 0) is 78.0 Å². The summed E-state index contributed by atoms with van der Waals surface area (Å²) in [5.41, 5.74) is 5.70. The van der Waals surface area contributed by atoms with E-state index in [4.69, 9.17) is 34.2 Å². The molecule has 8 N–H and O–H groups in total. The number of unbranched alkanes of at least 4 members (excludes halogenated alkanes) is 14. The van der Waals surface area contributed by atoms with Gasteiger partial charge < -0.3 is 66.1 Å². The van der Waals surface area contributed by atoms with Gasteiger partial charge in [0, 0.05) is 38.9 Å². The van der Waals surface area contributed by atoms with Gasteiger partial charge in [0.1, 0.15) is 30.5 Å². The standard InChI is InChI=1S/C61H105N7O15/c1-47(69)51(43-48-27-21-20-22-28-48)68-54(72)44-66-58(76)49(62)29-25-26-34-63-55(73)45-80-41-40-79-38-36-65-56(74)46-81-42-39-78-37-35-64-52(70)33-32-50(59(77)83-61(5,6)7)67-53(71)30-23-18-16-14-12-10-8-9-11-13-15-17-19-24-31-57(75)82-60(2,3)4/h20-22,27-28,49-51H,8-19,23-26,29-46,62H2,1-7H3,(H,63,73)(H,64,70)(H,65,74)(H,66,76)(H,67,71)(H,68,72)/t49-,50-,51-/m0/s1. The summed E-state index contributed by atoms with van der Waals surface area (Å²) in [6, 6.07) is 6.80. The maximum absolute atomic E-state index is 13.0. The van der Waals surface area contributed by atoms with E-state index in [2.05, 4.69) is 31.9 Å². The molecule has 1 aromatic rings. The van der Waals surface area contributed by atoms with Crippen LogP contribution in [0.1, 0.15) is 189 Å². The summed E-state index contributed by atoms with van der Waals surface area (Å²) >= 11 is 0. The molecule has 0 aliphatic rings. The Kier molecular flexibility index (Phi) is 42.5. The Balaban J connectivity index is 2.04. The topological polar surface area (TPSA) is 307 Å². The molecule has 0 spiro atoms. The molecule has 22 nitrogen and oxygen atoms in total. The lowest BCUT2D eigenvalue weighted by atomic mass is 10.0. The van der Waals surface area contributed by atoms with Gasteiger partial charge in [-0.3, -0.25) is 38.4 Å². The summed E-state index contributed by atoms with van der Waals surface area (Å²) < 4.78 is 32.5. The number of hydrogen-bond donors (Lipinski definition) is 7. The first-order valence-corrected chi connectivity index (χ1v) is 30.3. The van der Waals surface area contributed by atoms with Crippen LogP contribution in [0.2, 0.25) is 0 Å². The molecule has 3 atom stereocenters. The van der Waals surface area contributed by atoms with Crippen LogP contribution in [-0.4, -0.2) is 162 Å². The summed E-state index contributed by atoms with van der Waals surface area (Å²) in [7, 11) is 0. The van der Waals surface area contributed by atoms with Crippen molar-refractivity contribution in [2.24, 2.45) is 5.73 Å². The van der Waals surface area contributed by atoms with E-state index in [0.29, 0.717) is 45.1 Å². The second-order valence-corrected chi connectivity index (χ2v) is 22.8. The molecule has 0 aromatic heterocycles. The van der Waals surface area contributed by atoms with Crippen LogP contribution in [0.15, 0.2) is 30.3 Å². The first kappa shape index (κ1) is 75.5. The molecule has 83 heavy (non-hydrogen) atoms. The van der Waals surface area contributed by atoms with Gasteiger partial charge in [0.05, 0.1) is 58.3 Å². The lowest BCUT2D eigenvalue weighted by Crippen LogP contribution is -2.48. The molecule has 0 saturated carbocycles. The molecule has 0 saturated heterocycles. The molecule has 0 unspecified atom stereocenters. The van der Waals surface area contributed by atoms with Gasteiger partial charge in [-0.25, -0.2) is 4.79 Å². The van der Waals surface area contributed by atoms with E-state index < -0.39 is 47.1 Å². The van der Waals surface area contributed by atoms with E-state index in [1.807, 2.05) is 51.1 Å². The smallest absolute Gasteiger partial charge is 0.329 e. The van der Waals surface area contributed by atoms with E-state index in [0.717, 1.165) is 50.5 Å². The van der Waals surface area contributed by atoms with Gasteiger partial charge in [0.2, 0.25) is 35.4 Å². The minimum Gasteiger partial charge on any atom is -0.460 e. The molecule has 1 aromatic carbocycles. The van der Waals surface area contributed by atoms with Crippen LogP contribution in [0, 0.1) is 0 Å². The number of carbonyl (C=O) groups is 9. The van der Waals surface area contributed by atoms with Crippen molar-refractivity contribution in [2.75, 3.05) is 79.0 Å². The van der Waals surface area contributed by atoms with Gasteiger partial charge in [-0.1, -0.05) is 107 Å². The van der Waals surface area contributed by atoms with Gasteiger partial charge in [-0.05, 0) is 99.0 Å². The first-order valence-electron chi connectivity index (χ1n) is 30.3. The van der Waals surface area contributed by atoms with Crippen molar-refractivity contribution in [3.63, 3.8) is 0 Å². The summed E-state index contributed by atoms with van der Waals surface area (Å²) in [6.07, 6.45) is 18.2. The predicted octanol–water partition coefficient (Wildman–Crippen LogP) is 5.52. The number of carbonyl (C=O) groups excluding carboxylic acids is 9. The fourth-order valence-corrected chi connectivity index (χ4v) is 8.26. The van der Waals surface area contributed by atoms with Crippen LogP contribution in [0.4, 0.5) is 0 Å². The Morgan fingerprint density at radius 1 is 0.458 bits per heavy atom. The highest BCUT2D eigenvalue weighted by molar-refractivity contribution is 5.91. The van der Waals surface area contributed by atoms with Crippen LogP contribution in [0.3, 0.4) is 0 Å². The zero-order valence-corrected chi connectivity index (χ0v) is 51.4. The quantitative estimate of drug-likeness (QED) is 0.0312. The molecule has 474 valence electrons. The Hall–Kier alpha value is -5.55. The zero-order valence-electron chi connectivity index (χ0n) is 51.4. The summed E-state index contributed by atoms with van der Waals surface area (Å²) in [5.74, 6) is -3.05. The third-order valence-electron chi connectivity index (χ3n) is 12.6. The molecule has 0 aliphatic heterocycles. The summed E-state index contributed by atoms with van der Waals surface area (Å²) in [5, 5.41) is 16.1. The number of ketones is 1. The van der Waals surface area contributed by atoms with E-state index >= 15 is 0 Å². The van der Waals surface area contributed by atoms with Crippen LogP contribution in [0.5, 0.6) is 0 Å². The number of ether oxygens (including phenoxy) is 6. The van der Waals surface area contributed by atoms with Crippen molar-refractivity contribution >= 4 is 53.2 Å². The molecule has 0 fully saturated rings. The Labute approximate surface area is 494 Å². The number of rotatable bonds is 50. The fraction of sp³-hybridized carbons (Fsp3) is 0.754. The summed E-state index contributed by atoms with van der Waals surface area (Å²) in [6.45, 7) is 13.7. The van der Waals surface area contributed by atoms with Crippen molar-refractivity contribution in [2.45, 2.75) is 219 Å². The van der Waals surface area contributed by atoms with E-state index in [1.165, 1.54) is 51.9 Å². The third kappa shape index (κ3) is 46.5. The minimum atomic E-state index is -0.951. The Morgan fingerprint density at radius 2 is 0.928 bits per heavy atom. The van der Waals surface area contributed by atoms with Crippen molar-refractivity contribution in [1.82, 2.24) is 31.9 Å². The first-order chi connectivity index (χ1) is 39.5. The van der Waals surface area contributed by atoms with Crippen molar-refractivity contribution in [1.29, 1.82) is 0 Å². The maximum Gasteiger partial charge on any atom is 0.329 e. The van der Waals surface area contributed by atoms with Gasteiger partial charge in [-0.2, -0.15) is 0 Å². The van der Waals surface area contributed by atoms with Gasteiger partial charge in [-0.15, -0.1) is 0 Å². The van der Waals surface area contributed by atoms with Crippen molar-refractivity contribution < 1.29 is 71.6 Å². The molecule has 0 radical (unpaired) electrons. The highest BCUT2D eigenvalue weighted by atomic mass is 16.6. The molecule has 6 amide bonds. The number of benzene rings is 1. The molecule has 0 heterocycles. The third-order valence-corrected chi connectivity index (χ3v) is 12.6. The molecule has 0 aliphatic carbocycles. The second kappa shape index (κ2) is 46.8. The van der Waals surface area contributed by atoms with Crippen LogP contribution < -0.4 is 37.6 Å². The highest BCUT2D eigenvalue weighted by Gasteiger charge is 2.27.